The number of anilines is 1. The van der Waals surface area contributed by atoms with E-state index in [-0.39, 0.29) is 24.0 Å². The fraction of sp³-hybridized carbons (Fsp3) is 0.294. The molecule has 0 radical (unpaired) electrons. The molecule has 0 saturated heterocycles. The third kappa shape index (κ3) is 5.62. The standard InChI is InChI=1S/C34H36N2O7/c1-19-31(34(38)36-23-9-7-8-10-26(23)39-2)32(21-12-14-28(41-4)30(18-21)43-6)33-24(35-19)15-22(16-25(33)37)20-11-13-27(40-3)29(17-20)42-5/h7-14,17-18,22,32,35H,15-16H2,1-6H3,(H,36,38)/t22-,32-/m1/s1. The lowest BCUT2D eigenvalue weighted by Gasteiger charge is -2.37. The Balaban J connectivity index is 1.59. The minimum absolute atomic E-state index is 0.0385. The van der Waals surface area contributed by atoms with E-state index in [4.69, 9.17) is 23.7 Å². The Hall–Kier alpha value is -4.92. The number of allylic oxidation sites excluding steroid dienone is 3. The molecule has 0 spiro atoms. The molecule has 3 aromatic rings. The third-order valence-corrected chi connectivity index (χ3v) is 8.05. The molecule has 5 rings (SSSR count). The summed E-state index contributed by atoms with van der Waals surface area (Å²) in [6, 6.07) is 18.5. The van der Waals surface area contributed by atoms with Crippen molar-refractivity contribution >= 4 is 17.4 Å². The highest BCUT2D eigenvalue weighted by Gasteiger charge is 2.41. The molecular formula is C34H36N2O7. The summed E-state index contributed by atoms with van der Waals surface area (Å²) >= 11 is 0. The van der Waals surface area contributed by atoms with Gasteiger partial charge in [-0.15, -0.1) is 0 Å². The lowest BCUT2D eigenvalue weighted by atomic mass is 9.71. The molecule has 0 saturated carbocycles. The van der Waals surface area contributed by atoms with Gasteiger partial charge >= 0.3 is 0 Å². The Morgan fingerprint density at radius 3 is 1.95 bits per heavy atom. The summed E-state index contributed by atoms with van der Waals surface area (Å²) in [7, 11) is 7.87. The molecule has 1 aliphatic carbocycles. The monoisotopic (exact) mass is 584 g/mol. The predicted octanol–water partition coefficient (Wildman–Crippen LogP) is 5.73. The van der Waals surface area contributed by atoms with Gasteiger partial charge in [0.15, 0.2) is 28.8 Å². The van der Waals surface area contributed by atoms with Crippen LogP contribution in [0.2, 0.25) is 0 Å². The Bertz CT molecular complexity index is 1620. The number of benzene rings is 3. The number of Topliss-reactive ketones (excluding diaryl/α,β-unsaturated/α-hetero) is 1. The van der Waals surface area contributed by atoms with Crippen LogP contribution in [0.4, 0.5) is 5.69 Å². The van der Waals surface area contributed by atoms with Gasteiger partial charge in [-0.1, -0.05) is 24.3 Å². The molecular weight excluding hydrogens is 548 g/mol. The van der Waals surface area contributed by atoms with Gasteiger partial charge in [0.05, 0.1) is 41.2 Å². The SMILES string of the molecule is COc1ccccc1NC(=O)C1=C(C)NC2=C(C(=O)C[C@H](c3ccc(OC)c(OC)c3)C2)[C@@H]1c1ccc(OC)c(OC)c1. The van der Waals surface area contributed by atoms with E-state index in [0.717, 1.165) is 16.8 Å². The molecule has 0 unspecified atom stereocenters. The maximum atomic E-state index is 14.1. The topological polar surface area (TPSA) is 104 Å². The van der Waals surface area contributed by atoms with Crippen molar-refractivity contribution in [3.05, 3.63) is 94.3 Å². The summed E-state index contributed by atoms with van der Waals surface area (Å²) in [5, 5.41) is 6.43. The number of hydrogen-bond acceptors (Lipinski definition) is 8. The van der Waals surface area contributed by atoms with Crippen molar-refractivity contribution in [2.75, 3.05) is 40.9 Å². The van der Waals surface area contributed by atoms with Gasteiger partial charge in [0.25, 0.3) is 5.91 Å². The van der Waals surface area contributed by atoms with E-state index in [0.29, 0.717) is 57.7 Å². The summed E-state index contributed by atoms with van der Waals surface area (Å²) in [6.45, 7) is 1.86. The molecule has 0 fully saturated rings. The first-order valence-electron chi connectivity index (χ1n) is 14.0. The number of methoxy groups -OCH3 is 5. The van der Waals surface area contributed by atoms with Gasteiger partial charge in [-0.2, -0.15) is 0 Å². The maximum Gasteiger partial charge on any atom is 0.254 e. The summed E-state index contributed by atoms with van der Waals surface area (Å²) in [6.07, 6.45) is 0.860. The second-order valence-electron chi connectivity index (χ2n) is 10.4. The molecule has 2 aliphatic rings. The minimum atomic E-state index is -0.635. The molecule has 3 aromatic carbocycles. The van der Waals surface area contributed by atoms with E-state index in [2.05, 4.69) is 10.6 Å². The summed E-state index contributed by atoms with van der Waals surface area (Å²) in [5.74, 6) is 1.74. The smallest absolute Gasteiger partial charge is 0.254 e. The lowest BCUT2D eigenvalue weighted by molar-refractivity contribution is -0.116. The molecule has 9 heteroatoms. The fourth-order valence-electron chi connectivity index (χ4n) is 5.99. The largest absolute Gasteiger partial charge is 0.495 e. The van der Waals surface area contributed by atoms with Crippen molar-refractivity contribution in [3.8, 4) is 28.7 Å². The van der Waals surface area contributed by atoms with E-state index < -0.39 is 5.92 Å². The van der Waals surface area contributed by atoms with Crippen molar-refractivity contribution in [2.45, 2.75) is 31.6 Å². The number of carbonyl (C=O) groups excluding carboxylic acids is 2. The van der Waals surface area contributed by atoms with Crippen molar-refractivity contribution < 1.29 is 33.3 Å². The van der Waals surface area contributed by atoms with E-state index in [1.807, 2.05) is 49.4 Å². The van der Waals surface area contributed by atoms with Crippen LogP contribution in [0.5, 0.6) is 28.7 Å². The van der Waals surface area contributed by atoms with Crippen LogP contribution in [0.15, 0.2) is 83.2 Å². The Morgan fingerprint density at radius 1 is 0.744 bits per heavy atom. The highest BCUT2D eigenvalue weighted by atomic mass is 16.5. The van der Waals surface area contributed by atoms with E-state index in [9.17, 15) is 9.59 Å². The van der Waals surface area contributed by atoms with Crippen LogP contribution in [0.25, 0.3) is 0 Å². The van der Waals surface area contributed by atoms with E-state index >= 15 is 0 Å². The number of ether oxygens (including phenoxy) is 5. The zero-order valence-electron chi connectivity index (χ0n) is 25.2. The molecule has 0 bridgehead atoms. The Labute approximate surface area is 251 Å². The molecule has 1 aliphatic heterocycles. The average Bonchev–Trinajstić information content (AvgIpc) is 3.03. The van der Waals surface area contributed by atoms with Crippen LogP contribution in [0.3, 0.4) is 0 Å². The summed E-state index contributed by atoms with van der Waals surface area (Å²) in [4.78, 5) is 28.1. The van der Waals surface area contributed by atoms with Crippen molar-refractivity contribution in [2.24, 2.45) is 0 Å². The van der Waals surface area contributed by atoms with Gasteiger partial charge < -0.3 is 34.3 Å². The van der Waals surface area contributed by atoms with E-state index in [1.54, 1.807) is 53.7 Å². The molecule has 2 atom stereocenters. The van der Waals surface area contributed by atoms with Crippen LogP contribution in [0.1, 0.15) is 42.7 Å². The molecule has 1 amide bonds. The summed E-state index contributed by atoms with van der Waals surface area (Å²) < 4.78 is 27.4. The first-order chi connectivity index (χ1) is 20.8. The van der Waals surface area contributed by atoms with E-state index in [1.165, 1.54) is 0 Å². The van der Waals surface area contributed by atoms with Gasteiger partial charge in [-0.25, -0.2) is 0 Å². The van der Waals surface area contributed by atoms with Crippen LogP contribution in [0, 0.1) is 0 Å². The molecule has 43 heavy (non-hydrogen) atoms. The number of amides is 1. The van der Waals surface area contributed by atoms with Crippen LogP contribution in [-0.2, 0) is 9.59 Å². The van der Waals surface area contributed by atoms with Gasteiger partial charge in [0, 0.05) is 34.9 Å². The van der Waals surface area contributed by atoms with Crippen molar-refractivity contribution in [1.82, 2.24) is 5.32 Å². The molecule has 9 nitrogen and oxygen atoms in total. The number of nitrogens with one attached hydrogen (secondary N) is 2. The third-order valence-electron chi connectivity index (χ3n) is 8.05. The Kier molecular flexibility index (Phi) is 8.61. The van der Waals surface area contributed by atoms with Gasteiger partial charge in [-0.3, -0.25) is 9.59 Å². The zero-order valence-corrected chi connectivity index (χ0v) is 25.2. The second kappa shape index (κ2) is 12.5. The molecule has 1 heterocycles. The fourth-order valence-corrected chi connectivity index (χ4v) is 5.99. The first kappa shape index (κ1) is 29.6. The number of carbonyl (C=O) groups is 2. The van der Waals surface area contributed by atoms with Gasteiger partial charge in [-0.05, 0) is 66.8 Å². The number of hydrogen-bond donors (Lipinski definition) is 2. The molecule has 0 aromatic heterocycles. The quantitative estimate of drug-likeness (QED) is 0.329. The molecule has 2 N–H and O–H groups in total. The number of para-hydroxylation sites is 2. The number of ketones is 1. The van der Waals surface area contributed by atoms with Gasteiger partial charge in [0.2, 0.25) is 0 Å². The minimum Gasteiger partial charge on any atom is -0.495 e. The van der Waals surface area contributed by atoms with Crippen molar-refractivity contribution in [1.29, 1.82) is 0 Å². The Morgan fingerprint density at radius 2 is 1.33 bits per heavy atom. The highest BCUT2D eigenvalue weighted by Crippen LogP contribution is 2.47. The van der Waals surface area contributed by atoms with Crippen LogP contribution >= 0.6 is 0 Å². The number of dihydropyridines is 1. The average molecular weight is 585 g/mol. The van der Waals surface area contributed by atoms with Crippen molar-refractivity contribution in [3.63, 3.8) is 0 Å². The highest BCUT2D eigenvalue weighted by molar-refractivity contribution is 6.10. The normalized spacial score (nSPS) is 18.0. The molecule has 224 valence electrons. The van der Waals surface area contributed by atoms with Crippen LogP contribution < -0.4 is 34.3 Å². The number of rotatable bonds is 9. The summed E-state index contributed by atoms with van der Waals surface area (Å²) in [5.41, 5.74) is 4.71. The zero-order chi connectivity index (χ0) is 30.7. The maximum absolute atomic E-state index is 14.1. The van der Waals surface area contributed by atoms with Crippen LogP contribution in [-0.4, -0.2) is 47.2 Å². The first-order valence-corrected chi connectivity index (χ1v) is 14.0. The predicted molar refractivity (Wildman–Crippen MR) is 163 cm³/mol. The second-order valence-corrected chi connectivity index (χ2v) is 10.4. The van der Waals surface area contributed by atoms with Gasteiger partial charge in [0.1, 0.15) is 5.75 Å². The lowest BCUT2D eigenvalue weighted by Crippen LogP contribution is -2.37.